The Hall–Kier alpha value is -4.77. The molecule has 0 spiro atoms. The minimum atomic E-state index is -2.62. The van der Waals surface area contributed by atoms with Crippen molar-refractivity contribution in [2.45, 2.75) is 89.7 Å². The average Bonchev–Trinajstić information content (AvgIpc) is 3.30. The molecule has 0 amide bonds. The number of rotatable bonds is 21. The Morgan fingerprint density at radius 1 is 0.590 bits per heavy atom. The molecular formula is C52H53ClF2O6. The Morgan fingerprint density at radius 2 is 1.10 bits per heavy atom. The molecule has 0 aliphatic carbocycles. The van der Waals surface area contributed by atoms with Crippen molar-refractivity contribution in [3.05, 3.63) is 213 Å². The van der Waals surface area contributed by atoms with Gasteiger partial charge in [0.1, 0.15) is 13.2 Å². The van der Waals surface area contributed by atoms with Crippen molar-refractivity contribution >= 4 is 11.6 Å². The number of aryl methyl sites for hydroxylation is 1. The van der Waals surface area contributed by atoms with E-state index in [2.05, 4.69) is 31.2 Å². The van der Waals surface area contributed by atoms with Crippen molar-refractivity contribution < 1.29 is 37.2 Å². The van der Waals surface area contributed by atoms with Crippen LogP contribution in [0.4, 0.5) is 8.78 Å². The largest absolute Gasteiger partial charge is 0.371 e. The summed E-state index contributed by atoms with van der Waals surface area (Å²) in [6, 6.07) is 51.9. The van der Waals surface area contributed by atoms with Crippen molar-refractivity contribution in [2.24, 2.45) is 0 Å². The van der Waals surface area contributed by atoms with Gasteiger partial charge in [0.25, 0.3) is 6.43 Å². The van der Waals surface area contributed by atoms with E-state index in [4.69, 9.17) is 40.0 Å². The number of hydrogen-bond donors (Lipinski definition) is 0. The highest BCUT2D eigenvalue weighted by Gasteiger charge is 2.61. The van der Waals surface area contributed by atoms with Crippen LogP contribution in [0.3, 0.4) is 0 Å². The van der Waals surface area contributed by atoms with Gasteiger partial charge in [-0.2, -0.15) is 0 Å². The number of benzene rings is 6. The summed E-state index contributed by atoms with van der Waals surface area (Å²) in [4.78, 5) is 0. The maximum Gasteiger partial charge on any atom is 0.261 e. The fourth-order valence-corrected chi connectivity index (χ4v) is 7.91. The zero-order valence-electron chi connectivity index (χ0n) is 34.5. The first kappa shape index (κ1) is 44.3. The molecule has 1 aliphatic rings. The average molecular weight is 847 g/mol. The summed E-state index contributed by atoms with van der Waals surface area (Å²) in [7, 11) is 0. The molecular weight excluding hydrogens is 794 g/mol. The first-order chi connectivity index (χ1) is 29.8. The molecule has 7 rings (SSSR count). The Morgan fingerprint density at radius 3 is 1.62 bits per heavy atom. The van der Waals surface area contributed by atoms with E-state index in [1.54, 1.807) is 0 Å². The summed E-state index contributed by atoms with van der Waals surface area (Å²) in [5.74, 6) is -3.16. The molecule has 0 N–H and O–H groups in total. The van der Waals surface area contributed by atoms with E-state index in [0.29, 0.717) is 29.8 Å². The van der Waals surface area contributed by atoms with E-state index in [-0.39, 0.29) is 39.6 Å². The van der Waals surface area contributed by atoms with Gasteiger partial charge in [-0.3, -0.25) is 0 Å². The molecule has 0 radical (unpaired) electrons. The molecule has 6 nitrogen and oxygen atoms in total. The van der Waals surface area contributed by atoms with Gasteiger partial charge in [0, 0.05) is 11.4 Å². The van der Waals surface area contributed by atoms with Crippen LogP contribution in [0.15, 0.2) is 158 Å². The summed E-state index contributed by atoms with van der Waals surface area (Å²) in [6.45, 7) is 2.08. The number of halogens is 3. The summed E-state index contributed by atoms with van der Waals surface area (Å²) < 4.78 is 67.7. The molecule has 318 valence electrons. The van der Waals surface area contributed by atoms with E-state index >= 15 is 0 Å². The normalized spacial score (nSPS) is 17.4. The van der Waals surface area contributed by atoms with Crippen LogP contribution < -0.4 is 0 Å². The van der Waals surface area contributed by atoms with Crippen LogP contribution >= 0.6 is 11.6 Å². The van der Waals surface area contributed by atoms with Gasteiger partial charge in [0.05, 0.1) is 39.1 Å². The summed E-state index contributed by atoms with van der Waals surface area (Å²) in [5, 5.41) is 0.513. The molecule has 2 unspecified atom stereocenters. The van der Waals surface area contributed by atoms with Gasteiger partial charge in [-0.1, -0.05) is 170 Å². The summed E-state index contributed by atoms with van der Waals surface area (Å²) in [6.07, 6.45) is -1.01. The van der Waals surface area contributed by atoms with E-state index in [1.165, 1.54) is 5.56 Å². The molecule has 61 heavy (non-hydrogen) atoms. The van der Waals surface area contributed by atoms with Gasteiger partial charge in [-0.15, -0.1) is 0 Å². The van der Waals surface area contributed by atoms with Gasteiger partial charge in [-0.25, -0.2) is 8.78 Å². The lowest BCUT2D eigenvalue weighted by Gasteiger charge is -2.53. The van der Waals surface area contributed by atoms with Crippen molar-refractivity contribution in [3.63, 3.8) is 0 Å². The molecule has 1 heterocycles. The van der Waals surface area contributed by atoms with Gasteiger partial charge >= 0.3 is 0 Å². The molecule has 6 aromatic carbocycles. The molecule has 1 aliphatic heterocycles. The smallest absolute Gasteiger partial charge is 0.261 e. The van der Waals surface area contributed by atoms with Gasteiger partial charge in [0.2, 0.25) is 11.6 Å². The van der Waals surface area contributed by atoms with Crippen molar-refractivity contribution in [3.8, 4) is 0 Å². The Labute approximate surface area is 363 Å². The second-order valence-electron chi connectivity index (χ2n) is 15.3. The van der Waals surface area contributed by atoms with Crippen LogP contribution in [-0.4, -0.2) is 31.2 Å². The molecule has 1 saturated heterocycles. The van der Waals surface area contributed by atoms with Crippen LogP contribution in [-0.2, 0) is 74.3 Å². The first-order valence-corrected chi connectivity index (χ1v) is 21.3. The fourth-order valence-electron chi connectivity index (χ4n) is 7.65. The predicted molar refractivity (Wildman–Crippen MR) is 234 cm³/mol. The highest BCUT2D eigenvalue weighted by atomic mass is 35.5. The molecule has 1 fully saturated rings. The molecule has 0 aromatic heterocycles. The standard InChI is InChI=1S/C52H53ClF2O6/c1-2-39-23-25-40(26-24-39)29-45-30-47(46(31-48(45)53)36-56-37-50(54)55)49-27-28-51(58-33-42-17-9-4-10-18-42,59-34-43-19-11-5-12-20-43)52(61-49,60-35-44-21-13-6-14-22-44)38-57-32-41-15-7-3-8-16-41/h3-26,30-31,49-50H,2,27-29,32-38H2,1H3. The Bertz CT molecular complexity index is 2170. The lowest BCUT2D eigenvalue weighted by Crippen LogP contribution is -2.65. The van der Waals surface area contributed by atoms with E-state index in [0.717, 1.165) is 45.4 Å². The quantitative estimate of drug-likeness (QED) is 0.0673. The minimum Gasteiger partial charge on any atom is -0.371 e. The van der Waals surface area contributed by atoms with Crippen LogP contribution in [0, 0.1) is 0 Å². The number of hydrogen-bond acceptors (Lipinski definition) is 6. The molecule has 6 aromatic rings. The third-order valence-electron chi connectivity index (χ3n) is 11.0. The zero-order valence-corrected chi connectivity index (χ0v) is 35.3. The first-order valence-electron chi connectivity index (χ1n) is 20.9. The monoisotopic (exact) mass is 846 g/mol. The zero-order chi connectivity index (χ0) is 42.3. The molecule has 2 atom stereocenters. The van der Waals surface area contributed by atoms with Crippen LogP contribution in [0.5, 0.6) is 0 Å². The molecule has 9 heteroatoms. The third kappa shape index (κ3) is 12.0. The second kappa shape index (κ2) is 21.8. The second-order valence-corrected chi connectivity index (χ2v) is 15.8. The maximum atomic E-state index is 13.4. The lowest BCUT2D eigenvalue weighted by molar-refractivity contribution is -0.456. The number of ether oxygens (including phenoxy) is 6. The molecule has 0 saturated carbocycles. The fraction of sp³-hybridized carbons (Fsp3) is 0.308. The van der Waals surface area contributed by atoms with Crippen LogP contribution in [0.2, 0.25) is 5.02 Å². The minimum absolute atomic E-state index is 0.0732. The highest BCUT2D eigenvalue weighted by Crippen LogP contribution is 2.50. The van der Waals surface area contributed by atoms with Crippen LogP contribution in [0.1, 0.15) is 75.9 Å². The summed E-state index contributed by atoms with van der Waals surface area (Å²) >= 11 is 7.01. The topological polar surface area (TPSA) is 55.4 Å². The number of alkyl halides is 2. The summed E-state index contributed by atoms with van der Waals surface area (Å²) in [5.41, 5.74) is 8.39. The predicted octanol–water partition coefficient (Wildman–Crippen LogP) is 12.4. The van der Waals surface area contributed by atoms with E-state index < -0.39 is 30.7 Å². The Kier molecular flexibility index (Phi) is 15.9. The van der Waals surface area contributed by atoms with Gasteiger partial charge in [-0.05, 0) is 75.4 Å². The van der Waals surface area contributed by atoms with Gasteiger partial charge < -0.3 is 28.4 Å². The van der Waals surface area contributed by atoms with Gasteiger partial charge in [0.15, 0.2) is 0 Å². The van der Waals surface area contributed by atoms with Crippen molar-refractivity contribution in [1.29, 1.82) is 0 Å². The molecule has 0 bridgehead atoms. The van der Waals surface area contributed by atoms with Crippen LogP contribution in [0.25, 0.3) is 0 Å². The Balaban J connectivity index is 1.33. The van der Waals surface area contributed by atoms with E-state index in [9.17, 15) is 8.78 Å². The maximum absolute atomic E-state index is 13.4. The van der Waals surface area contributed by atoms with E-state index in [1.807, 2.05) is 133 Å². The van der Waals surface area contributed by atoms with Crippen molar-refractivity contribution in [1.82, 2.24) is 0 Å². The lowest BCUT2D eigenvalue weighted by atomic mass is 9.87. The van der Waals surface area contributed by atoms with Crippen molar-refractivity contribution in [2.75, 3.05) is 13.2 Å². The highest BCUT2D eigenvalue weighted by molar-refractivity contribution is 6.31. The third-order valence-corrected chi connectivity index (χ3v) is 11.3. The SMILES string of the molecule is CCc1ccc(Cc2cc(C3CCC(OCc4ccccc4)(OCc4ccccc4)C(COCc4ccccc4)(OCc4ccccc4)O3)c(COCC(F)F)cc2Cl)cc1.